The number of halogens is 2. The molecule has 16 heavy (non-hydrogen) atoms. The molecule has 0 spiro atoms. The first kappa shape index (κ1) is 12.7. The Balaban J connectivity index is 3.11. The van der Waals surface area contributed by atoms with Crippen LogP contribution in [-0.2, 0) is 5.41 Å². The van der Waals surface area contributed by atoms with Gasteiger partial charge in [0.25, 0.3) is 0 Å². The highest BCUT2D eigenvalue weighted by atomic mass is 19.3. The highest BCUT2D eigenvalue weighted by Crippen LogP contribution is 2.33. The van der Waals surface area contributed by atoms with Crippen molar-refractivity contribution in [2.75, 3.05) is 7.11 Å². The Labute approximate surface area is 94.2 Å². The molecule has 1 aromatic rings. The van der Waals surface area contributed by atoms with Crippen LogP contribution in [0, 0.1) is 0 Å². The van der Waals surface area contributed by atoms with Crippen LogP contribution in [-0.4, -0.2) is 13.7 Å². The van der Waals surface area contributed by atoms with Gasteiger partial charge in [-0.25, -0.2) is 0 Å². The van der Waals surface area contributed by atoms with Crippen LogP contribution in [0.25, 0.3) is 0 Å². The van der Waals surface area contributed by atoms with E-state index in [1.165, 1.54) is 7.11 Å². The number of rotatable bonds is 3. The minimum absolute atomic E-state index is 0.0740. The maximum Gasteiger partial charge on any atom is 0.387 e. The predicted molar refractivity (Wildman–Crippen MR) is 58.3 cm³/mol. The van der Waals surface area contributed by atoms with E-state index in [9.17, 15) is 8.78 Å². The topological polar surface area (TPSA) is 18.5 Å². The summed E-state index contributed by atoms with van der Waals surface area (Å²) in [5.74, 6) is 0.387. The Hall–Kier alpha value is -1.32. The molecule has 4 heteroatoms. The Kier molecular flexibility index (Phi) is 3.73. The van der Waals surface area contributed by atoms with Crippen LogP contribution in [0.1, 0.15) is 26.3 Å². The summed E-state index contributed by atoms with van der Waals surface area (Å²) in [6, 6.07) is 5.07. The van der Waals surface area contributed by atoms with Crippen molar-refractivity contribution in [1.29, 1.82) is 0 Å². The maximum atomic E-state index is 12.2. The number of ether oxygens (including phenoxy) is 2. The lowest BCUT2D eigenvalue weighted by atomic mass is 9.87. The normalized spacial score (nSPS) is 11.7. The Morgan fingerprint density at radius 1 is 1.12 bits per heavy atom. The average Bonchev–Trinajstić information content (AvgIpc) is 2.15. The molecule has 0 saturated heterocycles. The van der Waals surface area contributed by atoms with E-state index in [0.29, 0.717) is 5.75 Å². The molecule has 0 aliphatic heterocycles. The lowest BCUT2D eigenvalue weighted by molar-refractivity contribution is -0.0512. The number of methoxy groups -OCH3 is 1. The molecule has 0 N–H and O–H groups in total. The zero-order chi connectivity index (χ0) is 12.3. The summed E-state index contributed by atoms with van der Waals surface area (Å²) in [4.78, 5) is 0. The second-order valence-corrected chi connectivity index (χ2v) is 4.49. The van der Waals surface area contributed by atoms with E-state index in [1.807, 2.05) is 26.8 Å². The van der Waals surface area contributed by atoms with Gasteiger partial charge in [-0.1, -0.05) is 26.8 Å². The third kappa shape index (κ3) is 3.08. The van der Waals surface area contributed by atoms with Gasteiger partial charge in [-0.2, -0.15) is 8.78 Å². The van der Waals surface area contributed by atoms with E-state index in [-0.39, 0.29) is 11.2 Å². The summed E-state index contributed by atoms with van der Waals surface area (Å²) in [5, 5.41) is 0. The van der Waals surface area contributed by atoms with Crippen LogP contribution in [0.15, 0.2) is 18.2 Å². The first-order valence-electron chi connectivity index (χ1n) is 4.98. The first-order chi connectivity index (χ1) is 7.34. The van der Waals surface area contributed by atoms with Crippen molar-refractivity contribution < 1.29 is 18.3 Å². The van der Waals surface area contributed by atoms with Crippen molar-refractivity contribution in [3.8, 4) is 11.5 Å². The number of alkyl halides is 2. The zero-order valence-corrected chi connectivity index (χ0v) is 9.88. The lowest BCUT2D eigenvalue weighted by Crippen LogP contribution is -2.12. The molecular weight excluding hydrogens is 214 g/mol. The fourth-order valence-corrected chi connectivity index (χ4v) is 1.33. The smallest absolute Gasteiger partial charge is 0.387 e. The summed E-state index contributed by atoms with van der Waals surface area (Å²) in [6.45, 7) is 3.16. The Morgan fingerprint density at radius 3 is 2.19 bits per heavy atom. The molecule has 0 aliphatic rings. The molecule has 0 heterocycles. The van der Waals surface area contributed by atoms with Gasteiger partial charge in [-0.05, 0) is 23.1 Å². The minimum atomic E-state index is -2.84. The van der Waals surface area contributed by atoms with Crippen LogP contribution >= 0.6 is 0 Å². The molecule has 0 aromatic heterocycles. The van der Waals surface area contributed by atoms with Gasteiger partial charge >= 0.3 is 6.61 Å². The van der Waals surface area contributed by atoms with E-state index >= 15 is 0 Å². The summed E-state index contributed by atoms with van der Waals surface area (Å²) in [6.07, 6.45) is 0. The van der Waals surface area contributed by atoms with Crippen molar-refractivity contribution in [2.24, 2.45) is 0 Å². The monoisotopic (exact) mass is 230 g/mol. The number of hydrogen-bond donors (Lipinski definition) is 0. The minimum Gasteiger partial charge on any atom is -0.493 e. The van der Waals surface area contributed by atoms with Crippen molar-refractivity contribution in [2.45, 2.75) is 32.8 Å². The maximum absolute atomic E-state index is 12.2. The van der Waals surface area contributed by atoms with Crippen molar-refractivity contribution in [1.82, 2.24) is 0 Å². The average molecular weight is 230 g/mol. The molecule has 0 atom stereocenters. The Bertz CT molecular complexity index is 357. The molecule has 1 rings (SSSR count). The molecule has 0 amide bonds. The van der Waals surface area contributed by atoms with Crippen LogP contribution in [0.5, 0.6) is 11.5 Å². The second-order valence-electron chi connectivity index (χ2n) is 4.49. The summed E-state index contributed by atoms with van der Waals surface area (Å²) in [5.41, 5.74) is 0.802. The second kappa shape index (κ2) is 4.68. The van der Waals surface area contributed by atoms with Crippen molar-refractivity contribution in [3.05, 3.63) is 23.8 Å². The third-order valence-corrected chi connectivity index (χ3v) is 2.25. The Morgan fingerprint density at radius 2 is 1.75 bits per heavy atom. The quantitative estimate of drug-likeness (QED) is 0.790. The molecule has 1 aromatic carbocycles. The molecule has 0 saturated carbocycles. The van der Waals surface area contributed by atoms with Crippen LogP contribution in [0.4, 0.5) is 8.78 Å². The molecule has 0 radical (unpaired) electrons. The molecular formula is C12H16F2O2. The summed E-state index contributed by atoms with van der Waals surface area (Å²) < 4.78 is 33.7. The highest BCUT2D eigenvalue weighted by molar-refractivity contribution is 5.44. The number of hydrogen-bond acceptors (Lipinski definition) is 2. The van der Waals surface area contributed by atoms with E-state index < -0.39 is 6.61 Å². The van der Waals surface area contributed by atoms with Gasteiger partial charge in [-0.15, -0.1) is 0 Å². The highest BCUT2D eigenvalue weighted by Gasteiger charge is 2.18. The fraction of sp³-hybridized carbons (Fsp3) is 0.500. The lowest BCUT2D eigenvalue weighted by Gasteiger charge is -2.20. The molecule has 0 bridgehead atoms. The molecule has 90 valence electrons. The van der Waals surface area contributed by atoms with E-state index in [4.69, 9.17) is 4.74 Å². The molecule has 0 aliphatic carbocycles. The molecule has 2 nitrogen and oxygen atoms in total. The van der Waals surface area contributed by atoms with Crippen molar-refractivity contribution in [3.63, 3.8) is 0 Å². The van der Waals surface area contributed by atoms with Crippen molar-refractivity contribution >= 4 is 0 Å². The van der Waals surface area contributed by atoms with E-state index in [1.54, 1.807) is 12.1 Å². The van der Waals surface area contributed by atoms with Gasteiger partial charge in [0.15, 0.2) is 11.5 Å². The fourth-order valence-electron chi connectivity index (χ4n) is 1.33. The summed E-state index contributed by atoms with van der Waals surface area (Å²) >= 11 is 0. The standard InChI is InChI=1S/C12H16F2O2/c1-12(2,3)8-5-6-9(15-4)10(7-8)16-11(13)14/h5-7,11H,1-4H3. The SMILES string of the molecule is COc1ccc(C(C)(C)C)cc1OC(F)F. The van der Waals surface area contributed by atoms with Crippen LogP contribution in [0.3, 0.4) is 0 Å². The van der Waals surface area contributed by atoms with Gasteiger partial charge in [-0.3, -0.25) is 0 Å². The third-order valence-electron chi connectivity index (χ3n) is 2.25. The molecule has 0 fully saturated rings. The summed E-state index contributed by atoms with van der Waals surface area (Å²) in [7, 11) is 1.42. The van der Waals surface area contributed by atoms with E-state index in [2.05, 4.69) is 4.74 Å². The van der Waals surface area contributed by atoms with Crippen LogP contribution in [0.2, 0.25) is 0 Å². The van der Waals surface area contributed by atoms with E-state index in [0.717, 1.165) is 5.56 Å². The number of benzene rings is 1. The van der Waals surface area contributed by atoms with Gasteiger partial charge in [0.2, 0.25) is 0 Å². The first-order valence-corrected chi connectivity index (χ1v) is 4.98. The largest absolute Gasteiger partial charge is 0.493 e. The van der Waals surface area contributed by atoms with Crippen LogP contribution < -0.4 is 9.47 Å². The van der Waals surface area contributed by atoms with Gasteiger partial charge < -0.3 is 9.47 Å². The zero-order valence-electron chi connectivity index (χ0n) is 9.88. The predicted octanol–water partition coefficient (Wildman–Crippen LogP) is 3.59. The van der Waals surface area contributed by atoms with Gasteiger partial charge in [0.1, 0.15) is 0 Å². The molecule has 0 unspecified atom stereocenters. The van der Waals surface area contributed by atoms with Gasteiger partial charge in [0, 0.05) is 0 Å². The van der Waals surface area contributed by atoms with Gasteiger partial charge in [0.05, 0.1) is 7.11 Å².